The van der Waals surface area contributed by atoms with Crippen LogP contribution in [-0.4, -0.2) is 60.5 Å². The number of hydrogen-bond acceptors (Lipinski definition) is 4. The molecule has 4 atom stereocenters. The van der Waals surface area contributed by atoms with Gasteiger partial charge < -0.3 is 10.4 Å². The Labute approximate surface area is 142 Å². The number of nitrogens with zero attached hydrogens (tertiary/aromatic N) is 2. The molecule has 0 radical (unpaired) electrons. The van der Waals surface area contributed by atoms with Gasteiger partial charge in [-0.1, -0.05) is 24.3 Å². The van der Waals surface area contributed by atoms with Crippen molar-refractivity contribution in [1.82, 2.24) is 10.2 Å². The summed E-state index contributed by atoms with van der Waals surface area (Å²) in [6, 6.07) is 0.242. The molecule has 1 amide bonds. The Balaban J connectivity index is 1.68. The van der Waals surface area contributed by atoms with Crippen LogP contribution in [0.25, 0.3) is 0 Å². The van der Waals surface area contributed by atoms with Crippen molar-refractivity contribution in [3.8, 4) is 0 Å². The van der Waals surface area contributed by atoms with Crippen LogP contribution in [0.3, 0.4) is 0 Å². The standard InChI is InChI=1S/C19H23N3O2/c1-11(10-23)21-19(24)13-6-15-14-4-3-5-16-18(14)12(8-20-16)7-17(15)22(2)9-13/h3-6,8,11,13,16-17,23H,7,9-10H2,1-2H3,(H,21,24)/t11-,13?,16?,17+/m0/s1. The molecule has 0 aromatic heterocycles. The van der Waals surface area contributed by atoms with E-state index in [-0.39, 0.29) is 30.5 Å². The van der Waals surface area contributed by atoms with E-state index in [2.05, 4.69) is 46.6 Å². The molecule has 0 aromatic carbocycles. The van der Waals surface area contributed by atoms with Gasteiger partial charge in [-0.05, 0) is 42.7 Å². The number of hydrogen-bond donors (Lipinski definition) is 2. The van der Waals surface area contributed by atoms with Gasteiger partial charge in [-0.3, -0.25) is 14.7 Å². The molecule has 2 N–H and O–H groups in total. The average molecular weight is 325 g/mol. The predicted octanol–water partition coefficient (Wildman–Crippen LogP) is 0.990. The number of aliphatic hydroxyl groups excluding tert-OH is 1. The molecule has 5 heteroatoms. The van der Waals surface area contributed by atoms with Crippen LogP contribution in [-0.2, 0) is 4.79 Å². The summed E-state index contributed by atoms with van der Waals surface area (Å²) in [5.74, 6) is -0.203. The van der Waals surface area contributed by atoms with E-state index in [1.165, 1.54) is 22.3 Å². The van der Waals surface area contributed by atoms with E-state index in [0.29, 0.717) is 12.6 Å². The Kier molecular flexibility index (Phi) is 3.77. The smallest absolute Gasteiger partial charge is 0.228 e. The zero-order chi connectivity index (χ0) is 16.8. The molecule has 126 valence electrons. The Hall–Kier alpha value is -1.98. The second-order valence-electron chi connectivity index (χ2n) is 7.11. The summed E-state index contributed by atoms with van der Waals surface area (Å²) in [6.07, 6.45) is 11.5. The summed E-state index contributed by atoms with van der Waals surface area (Å²) >= 11 is 0. The highest BCUT2D eigenvalue weighted by atomic mass is 16.3. The van der Waals surface area contributed by atoms with Gasteiger partial charge in [0.25, 0.3) is 0 Å². The maximum Gasteiger partial charge on any atom is 0.228 e. The van der Waals surface area contributed by atoms with Crippen LogP contribution in [0.1, 0.15) is 13.3 Å². The van der Waals surface area contributed by atoms with E-state index in [4.69, 9.17) is 5.11 Å². The van der Waals surface area contributed by atoms with Crippen molar-refractivity contribution in [2.45, 2.75) is 31.5 Å². The van der Waals surface area contributed by atoms with Gasteiger partial charge in [-0.25, -0.2) is 0 Å². The summed E-state index contributed by atoms with van der Waals surface area (Å²) in [6.45, 7) is 2.47. The molecule has 2 aliphatic carbocycles. The van der Waals surface area contributed by atoms with Crippen LogP contribution in [0, 0.1) is 5.92 Å². The maximum atomic E-state index is 12.5. The Morgan fingerprint density at radius 1 is 1.54 bits per heavy atom. The molecule has 0 fully saturated rings. The fraction of sp³-hybridized carbons (Fsp3) is 0.474. The van der Waals surface area contributed by atoms with E-state index in [1.807, 2.05) is 13.1 Å². The van der Waals surface area contributed by atoms with Crippen molar-refractivity contribution < 1.29 is 9.90 Å². The first-order chi connectivity index (χ1) is 11.6. The molecule has 5 nitrogen and oxygen atoms in total. The lowest BCUT2D eigenvalue weighted by molar-refractivity contribution is -0.125. The van der Waals surface area contributed by atoms with Gasteiger partial charge in [0.15, 0.2) is 0 Å². The van der Waals surface area contributed by atoms with E-state index < -0.39 is 0 Å². The van der Waals surface area contributed by atoms with Gasteiger partial charge in [-0.15, -0.1) is 0 Å². The first kappa shape index (κ1) is 15.5. The van der Waals surface area contributed by atoms with Crippen molar-refractivity contribution in [3.05, 3.63) is 46.6 Å². The maximum absolute atomic E-state index is 12.5. The molecular weight excluding hydrogens is 302 g/mol. The molecule has 2 unspecified atom stereocenters. The van der Waals surface area contributed by atoms with Crippen LogP contribution in [0.15, 0.2) is 51.6 Å². The lowest BCUT2D eigenvalue weighted by atomic mass is 9.74. The van der Waals surface area contributed by atoms with Gasteiger partial charge in [0, 0.05) is 24.8 Å². The number of rotatable bonds is 3. The molecule has 0 saturated carbocycles. The largest absolute Gasteiger partial charge is 0.394 e. The number of allylic oxidation sites excluding steroid dienone is 2. The highest BCUT2D eigenvalue weighted by Gasteiger charge is 2.40. The molecule has 0 saturated heterocycles. The highest BCUT2D eigenvalue weighted by Crippen LogP contribution is 2.44. The van der Waals surface area contributed by atoms with Gasteiger partial charge in [0.05, 0.1) is 18.6 Å². The summed E-state index contributed by atoms with van der Waals surface area (Å²) < 4.78 is 0. The van der Waals surface area contributed by atoms with Crippen LogP contribution in [0.5, 0.6) is 0 Å². The van der Waals surface area contributed by atoms with Crippen molar-refractivity contribution in [2.75, 3.05) is 20.2 Å². The van der Waals surface area contributed by atoms with Crippen molar-refractivity contribution in [1.29, 1.82) is 0 Å². The van der Waals surface area contributed by atoms with Crippen molar-refractivity contribution in [2.24, 2.45) is 10.9 Å². The van der Waals surface area contributed by atoms with E-state index in [9.17, 15) is 4.79 Å². The number of fused-ring (bicyclic) bond motifs is 2. The number of likely N-dealkylation sites (N-methyl/N-ethyl adjacent to an activating group) is 1. The van der Waals surface area contributed by atoms with Crippen LogP contribution in [0.4, 0.5) is 0 Å². The molecule has 0 spiro atoms. The Morgan fingerprint density at radius 2 is 2.38 bits per heavy atom. The number of aliphatic hydroxyl groups is 1. The third kappa shape index (κ3) is 2.39. The minimum absolute atomic E-state index is 0.0136. The molecule has 0 aromatic rings. The number of nitrogens with one attached hydrogen (secondary N) is 1. The van der Waals surface area contributed by atoms with Gasteiger partial charge >= 0.3 is 0 Å². The molecular formula is C19H23N3O2. The molecule has 4 rings (SSSR count). The van der Waals surface area contributed by atoms with E-state index in [1.54, 1.807) is 0 Å². The molecule has 4 aliphatic rings. The topological polar surface area (TPSA) is 64.9 Å². The highest BCUT2D eigenvalue weighted by molar-refractivity contribution is 5.89. The first-order valence-electron chi connectivity index (χ1n) is 8.57. The van der Waals surface area contributed by atoms with E-state index >= 15 is 0 Å². The van der Waals surface area contributed by atoms with Gasteiger partial charge in [0.2, 0.25) is 5.91 Å². The van der Waals surface area contributed by atoms with Crippen LogP contribution >= 0.6 is 0 Å². The van der Waals surface area contributed by atoms with Crippen LogP contribution < -0.4 is 5.32 Å². The summed E-state index contributed by atoms with van der Waals surface area (Å²) in [5, 5.41) is 12.1. The fourth-order valence-electron chi connectivity index (χ4n) is 4.10. The Bertz CT molecular complexity index is 729. The summed E-state index contributed by atoms with van der Waals surface area (Å²) in [5.41, 5.74) is 5.14. The second kappa shape index (κ2) is 5.83. The molecule has 24 heavy (non-hydrogen) atoms. The van der Waals surface area contributed by atoms with Crippen molar-refractivity contribution >= 4 is 12.1 Å². The zero-order valence-corrected chi connectivity index (χ0v) is 14.1. The molecule has 2 aliphatic heterocycles. The minimum Gasteiger partial charge on any atom is -0.394 e. The normalized spacial score (nSPS) is 32.0. The quantitative estimate of drug-likeness (QED) is 0.813. The zero-order valence-electron chi connectivity index (χ0n) is 14.1. The van der Waals surface area contributed by atoms with E-state index in [0.717, 1.165) is 6.42 Å². The van der Waals surface area contributed by atoms with Gasteiger partial charge in [0.1, 0.15) is 0 Å². The third-order valence-corrected chi connectivity index (χ3v) is 5.36. The molecule has 0 bridgehead atoms. The number of amides is 1. The van der Waals surface area contributed by atoms with Gasteiger partial charge in [-0.2, -0.15) is 0 Å². The number of carbonyl (C=O) groups excluding carboxylic acids is 1. The third-order valence-electron chi connectivity index (χ3n) is 5.36. The monoisotopic (exact) mass is 325 g/mol. The summed E-state index contributed by atoms with van der Waals surface area (Å²) in [7, 11) is 2.09. The predicted molar refractivity (Wildman–Crippen MR) is 93.8 cm³/mol. The average Bonchev–Trinajstić information content (AvgIpc) is 3.00. The first-order valence-corrected chi connectivity index (χ1v) is 8.57. The fourth-order valence-corrected chi connectivity index (χ4v) is 4.10. The second-order valence-corrected chi connectivity index (χ2v) is 7.11. The lowest BCUT2D eigenvalue weighted by Crippen LogP contribution is -2.49. The minimum atomic E-state index is -0.218. The summed E-state index contributed by atoms with van der Waals surface area (Å²) in [4.78, 5) is 19.4. The Morgan fingerprint density at radius 3 is 3.17 bits per heavy atom. The molecule has 2 heterocycles. The van der Waals surface area contributed by atoms with Crippen LogP contribution in [0.2, 0.25) is 0 Å². The number of carbonyl (C=O) groups is 1. The van der Waals surface area contributed by atoms with Crippen molar-refractivity contribution in [3.63, 3.8) is 0 Å². The number of aliphatic imine (C=N–C) groups is 1. The lowest BCUT2D eigenvalue weighted by Gasteiger charge is -2.41. The SMILES string of the molecule is C[C@@H](CO)NC(=O)C1C=C2C3=CC=CC4N=CC(=C34)C[C@H]2N(C)C1.